The summed E-state index contributed by atoms with van der Waals surface area (Å²) in [6, 6.07) is 15.6. The van der Waals surface area contributed by atoms with Crippen LogP contribution in [-0.2, 0) is 0 Å². The summed E-state index contributed by atoms with van der Waals surface area (Å²) in [6.45, 7) is 6.02. The molecule has 0 unspecified atom stereocenters. The van der Waals surface area contributed by atoms with Crippen molar-refractivity contribution in [2.75, 3.05) is 0 Å². The van der Waals surface area contributed by atoms with Gasteiger partial charge in [-0.3, -0.25) is 4.57 Å². The van der Waals surface area contributed by atoms with Crippen LogP contribution in [0.5, 0.6) is 0 Å². The van der Waals surface area contributed by atoms with Crippen molar-refractivity contribution in [3.8, 4) is 5.69 Å². The smallest absolute Gasteiger partial charge is 0.305 e. The van der Waals surface area contributed by atoms with Gasteiger partial charge >= 0.3 is 5.69 Å². The van der Waals surface area contributed by atoms with Gasteiger partial charge in [0.2, 0.25) is 0 Å². The third kappa shape index (κ3) is 2.45. The predicted molar refractivity (Wildman–Crippen MR) is 80.0 cm³/mol. The van der Waals surface area contributed by atoms with Crippen molar-refractivity contribution in [2.45, 2.75) is 20.8 Å². The second-order valence-corrected chi connectivity index (χ2v) is 4.12. The molecule has 2 aromatic carbocycles. The monoisotopic (exact) mass is 254 g/mol. The highest BCUT2D eigenvalue weighted by Crippen LogP contribution is 2.16. The number of fused-ring (bicyclic) bond motifs is 1. The van der Waals surface area contributed by atoms with Crippen LogP contribution in [0.15, 0.2) is 53.3 Å². The number of aromatic nitrogens is 2. The van der Waals surface area contributed by atoms with Crippen molar-refractivity contribution >= 4 is 11.0 Å². The number of para-hydroxylation sites is 1. The van der Waals surface area contributed by atoms with E-state index < -0.39 is 0 Å². The Kier molecular flexibility index (Phi) is 3.85. The van der Waals surface area contributed by atoms with Crippen molar-refractivity contribution in [2.24, 2.45) is 0 Å². The average molecular weight is 254 g/mol. The van der Waals surface area contributed by atoms with E-state index >= 15 is 0 Å². The van der Waals surface area contributed by atoms with E-state index in [9.17, 15) is 4.79 Å². The molecular weight excluding hydrogens is 236 g/mol. The van der Waals surface area contributed by atoms with Crippen LogP contribution in [0.3, 0.4) is 0 Å². The van der Waals surface area contributed by atoms with Crippen LogP contribution in [0.4, 0.5) is 0 Å². The molecule has 0 atom stereocenters. The number of nitrogens with one attached hydrogen (secondary N) is 1. The minimum Gasteiger partial charge on any atom is -0.305 e. The Labute approximate surface area is 112 Å². The fraction of sp³-hybridized carbons (Fsp3) is 0.188. The molecule has 0 spiro atoms. The first kappa shape index (κ1) is 13.1. The lowest BCUT2D eigenvalue weighted by molar-refractivity contribution is 1.02. The summed E-state index contributed by atoms with van der Waals surface area (Å²) < 4.78 is 1.70. The van der Waals surface area contributed by atoms with Gasteiger partial charge in [-0.15, -0.1) is 0 Å². The Balaban J connectivity index is 0.000000637. The number of hydrogen-bond donors (Lipinski definition) is 1. The van der Waals surface area contributed by atoms with Crippen LogP contribution in [-0.4, -0.2) is 9.55 Å². The zero-order valence-corrected chi connectivity index (χ0v) is 11.5. The molecule has 1 aromatic heterocycles. The number of benzene rings is 2. The van der Waals surface area contributed by atoms with Gasteiger partial charge in [-0.2, -0.15) is 0 Å². The maximum absolute atomic E-state index is 12.0. The maximum Gasteiger partial charge on any atom is 0.331 e. The van der Waals surface area contributed by atoms with Gasteiger partial charge in [-0.05, 0) is 36.8 Å². The summed E-state index contributed by atoms with van der Waals surface area (Å²) in [5, 5.41) is 0. The lowest BCUT2D eigenvalue weighted by Gasteiger charge is -2.02. The molecule has 3 aromatic rings. The summed E-state index contributed by atoms with van der Waals surface area (Å²) in [5.74, 6) is 0. The number of H-pyrrole nitrogens is 1. The molecule has 98 valence electrons. The van der Waals surface area contributed by atoms with Crippen molar-refractivity contribution in [3.63, 3.8) is 0 Å². The first-order chi connectivity index (χ1) is 9.25. The lowest BCUT2D eigenvalue weighted by Crippen LogP contribution is -2.14. The van der Waals surface area contributed by atoms with E-state index in [0.29, 0.717) is 0 Å². The summed E-state index contributed by atoms with van der Waals surface area (Å²) in [4.78, 5) is 14.8. The topological polar surface area (TPSA) is 37.8 Å². The van der Waals surface area contributed by atoms with Gasteiger partial charge in [-0.1, -0.05) is 38.1 Å². The van der Waals surface area contributed by atoms with Gasteiger partial charge in [0.25, 0.3) is 0 Å². The van der Waals surface area contributed by atoms with Gasteiger partial charge < -0.3 is 4.98 Å². The number of hydrogen-bond acceptors (Lipinski definition) is 1. The van der Waals surface area contributed by atoms with Crippen LogP contribution in [0.1, 0.15) is 19.4 Å². The highest BCUT2D eigenvalue weighted by Gasteiger charge is 2.07. The van der Waals surface area contributed by atoms with Gasteiger partial charge in [-0.25, -0.2) is 4.79 Å². The van der Waals surface area contributed by atoms with Crippen LogP contribution in [0.25, 0.3) is 16.7 Å². The third-order valence-corrected chi connectivity index (χ3v) is 2.85. The average Bonchev–Trinajstić information content (AvgIpc) is 2.77. The molecule has 0 saturated carbocycles. The van der Waals surface area contributed by atoms with E-state index in [1.54, 1.807) is 4.57 Å². The van der Waals surface area contributed by atoms with Crippen molar-refractivity contribution in [1.82, 2.24) is 9.55 Å². The highest BCUT2D eigenvalue weighted by molar-refractivity contribution is 5.78. The van der Waals surface area contributed by atoms with Crippen molar-refractivity contribution in [1.29, 1.82) is 0 Å². The molecule has 0 saturated heterocycles. The molecule has 3 heteroatoms. The fourth-order valence-corrected chi connectivity index (χ4v) is 2.05. The third-order valence-electron chi connectivity index (χ3n) is 2.85. The Morgan fingerprint density at radius 3 is 2.37 bits per heavy atom. The Hall–Kier alpha value is -2.29. The number of aryl methyl sites for hydroxylation is 1. The predicted octanol–water partition coefficient (Wildman–Crippen LogP) is 3.65. The number of aromatic amines is 1. The molecule has 0 radical (unpaired) electrons. The number of nitrogens with zero attached hydrogens (tertiary/aromatic N) is 1. The fourth-order valence-electron chi connectivity index (χ4n) is 2.05. The molecule has 0 aliphatic carbocycles. The summed E-state index contributed by atoms with van der Waals surface area (Å²) in [5.41, 5.74) is 3.71. The molecule has 0 aliphatic heterocycles. The van der Waals surface area contributed by atoms with E-state index in [-0.39, 0.29) is 5.69 Å². The standard InChI is InChI=1S/C14H12N2O.C2H6/c1-10-7-8-12-13(9-10)16(14(17)15-12)11-5-3-2-4-6-11;1-2/h2-9H,1H3,(H,15,17);1-2H3. The zero-order chi connectivity index (χ0) is 13.8. The first-order valence-electron chi connectivity index (χ1n) is 6.52. The minimum absolute atomic E-state index is 0.100. The van der Waals surface area contributed by atoms with Gasteiger partial charge in [0.1, 0.15) is 0 Å². The second-order valence-electron chi connectivity index (χ2n) is 4.12. The maximum atomic E-state index is 12.0. The molecule has 3 nitrogen and oxygen atoms in total. The van der Waals surface area contributed by atoms with Gasteiger partial charge in [0.15, 0.2) is 0 Å². The van der Waals surface area contributed by atoms with Crippen LogP contribution in [0.2, 0.25) is 0 Å². The lowest BCUT2D eigenvalue weighted by atomic mass is 10.2. The number of imidazole rings is 1. The van der Waals surface area contributed by atoms with Gasteiger partial charge in [0.05, 0.1) is 16.7 Å². The molecule has 0 aliphatic rings. The zero-order valence-electron chi connectivity index (χ0n) is 11.5. The molecule has 19 heavy (non-hydrogen) atoms. The Bertz CT molecular complexity index is 723. The molecule has 0 bridgehead atoms. The quantitative estimate of drug-likeness (QED) is 0.707. The van der Waals surface area contributed by atoms with E-state index in [1.807, 2.05) is 69.3 Å². The minimum atomic E-state index is -0.100. The van der Waals surface area contributed by atoms with E-state index in [4.69, 9.17) is 0 Å². The molecular formula is C16H18N2O. The Morgan fingerprint density at radius 2 is 1.68 bits per heavy atom. The molecule has 3 rings (SSSR count). The molecule has 1 heterocycles. The SMILES string of the molecule is CC.Cc1ccc2[nH]c(=O)n(-c3ccccc3)c2c1. The normalized spacial score (nSPS) is 10.1. The molecule has 0 fully saturated rings. The molecule has 0 amide bonds. The van der Waals surface area contributed by atoms with E-state index in [0.717, 1.165) is 22.3 Å². The van der Waals surface area contributed by atoms with Gasteiger partial charge in [0, 0.05) is 0 Å². The largest absolute Gasteiger partial charge is 0.331 e. The summed E-state index contributed by atoms with van der Waals surface area (Å²) in [6.07, 6.45) is 0. The van der Waals surface area contributed by atoms with Crippen molar-refractivity contribution in [3.05, 3.63) is 64.6 Å². The first-order valence-corrected chi connectivity index (χ1v) is 6.52. The van der Waals surface area contributed by atoms with Crippen LogP contribution >= 0.6 is 0 Å². The molecule has 1 N–H and O–H groups in total. The second kappa shape index (κ2) is 5.57. The van der Waals surface area contributed by atoms with Crippen molar-refractivity contribution < 1.29 is 0 Å². The number of rotatable bonds is 1. The highest BCUT2D eigenvalue weighted by atomic mass is 16.1. The Morgan fingerprint density at radius 1 is 1.00 bits per heavy atom. The summed E-state index contributed by atoms with van der Waals surface area (Å²) >= 11 is 0. The van der Waals surface area contributed by atoms with E-state index in [1.165, 1.54) is 0 Å². The summed E-state index contributed by atoms with van der Waals surface area (Å²) in [7, 11) is 0. The van der Waals surface area contributed by atoms with Crippen LogP contribution < -0.4 is 5.69 Å². The van der Waals surface area contributed by atoms with Crippen LogP contribution in [0, 0.1) is 6.92 Å². The van der Waals surface area contributed by atoms with E-state index in [2.05, 4.69) is 4.98 Å².